The Bertz CT molecular complexity index is 1670. The Morgan fingerprint density at radius 1 is 1.14 bits per heavy atom. The number of nitrogens with one attached hydrogen (secondary N) is 1. The van der Waals surface area contributed by atoms with E-state index < -0.39 is 47.8 Å². The molecule has 2 heterocycles. The monoisotopic (exact) mass is 612 g/mol. The fourth-order valence-electron chi connectivity index (χ4n) is 5.04. The molecular weight excluding hydrogens is 576 g/mol. The van der Waals surface area contributed by atoms with E-state index in [2.05, 4.69) is 5.32 Å². The van der Waals surface area contributed by atoms with Gasteiger partial charge in [-0.25, -0.2) is 9.59 Å². The van der Waals surface area contributed by atoms with Crippen molar-refractivity contribution in [2.45, 2.75) is 71.2 Å². The number of rotatable bonds is 8. The van der Waals surface area contributed by atoms with Crippen molar-refractivity contribution in [3.63, 3.8) is 0 Å². The molecular formula is C31H36N2O11. The predicted octanol–water partition coefficient (Wildman–Crippen LogP) is 3.63. The molecule has 0 spiro atoms. The summed E-state index contributed by atoms with van der Waals surface area (Å²) in [4.78, 5) is 37.4. The van der Waals surface area contributed by atoms with Crippen LogP contribution in [-0.2, 0) is 20.6 Å². The zero-order valence-corrected chi connectivity index (χ0v) is 25.2. The first-order valence-corrected chi connectivity index (χ1v) is 13.7. The summed E-state index contributed by atoms with van der Waals surface area (Å²) in [7, 11) is 1.36. The number of hydrogen-bond donors (Lipinski definition) is 5. The molecule has 4 rings (SSSR count). The second-order valence-corrected chi connectivity index (χ2v) is 11.2. The number of carbonyl (C=O) groups excluding carboxylic acids is 2. The van der Waals surface area contributed by atoms with E-state index >= 15 is 0 Å². The number of phenols is 2. The van der Waals surface area contributed by atoms with Crippen LogP contribution in [0.4, 0.5) is 10.5 Å². The van der Waals surface area contributed by atoms with Crippen molar-refractivity contribution in [2.75, 3.05) is 12.4 Å². The van der Waals surface area contributed by atoms with Crippen molar-refractivity contribution < 1.29 is 48.3 Å². The molecule has 13 nitrogen and oxygen atoms in total. The quantitative estimate of drug-likeness (QED) is 0.184. The number of phenolic OH excluding ortho intramolecular Hbond substituents is 2. The number of aliphatic hydroxyl groups is 1. The van der Waals surface area contributed by atoms with Crippen molar-refractivity contribution >= 4 is 28.7 Å². The highest BCUT2D eigenvalue weighted by Crippen LogP contribution is 2.39. The Kier molecular flexibility index (Phi) is 9.23. The summed E-state index contributed by atoms with van der Waals surface area (Å²) < 4.78 is 27.8. The minimum atomic E-state index is -1.55. The highest BCUT2D eigenvalue weighted by Gasteiger charge is 2.53. The lowest BCUT2D eigenvalue weighted by Gasteiger charge is -2.47. The summed E-state index contributed by atoms with van der Waals surface area (Å²) in [5, 5.41) is 34.6. The van der Waals surface area contributed by atoms with E-state index in [0.29, 0.717) is 12.0 Å². The summed E-state index contributed by atoms with van der Waals surface area (Å²) in [6.07, 6.45) is -3.92. The van der Waals surface area contributed by atoms with Gasteiger partial charge in [0.05, 0.1) is 11.0 Å². The molecule has 4 atom stereocenters. The number of carbonyl (C=O) groups is 2. The first-order chi connectivity index (χ1) is 20.6. The van der Waals surface area contributed by atoms with E-state index in [0.717, 1.165) is 5.57 Å². The van der Waals surface area contributed by atoms with E-state index in [1.807, 2.05) is 19.9 Å². The van der Waals surface area contributed by atoms with E-state index in [9.17, 15) is 29.7 Å². The number of benzene rings is 2. The number of primary amides is 1. The number of nitrogens with two attached hydrogens (primary N) is 1. The third kappa shape index (κ3) is 6.64. The number of fused-ring (bicyclic) bond motifs is 1. The van der Waals surface area contributed by atoms with Crippen LogP contribution in [0, 0.1) is 6.92 Å². The molecule has 44 heavy (non-hydrogen) atoms. The molecule has 0 aliphatic carbocycles. The summed E-state index contributed by atoms with van der Waals surface area (Å²) in [5.41, 5.74) is 4.96. The Balaban J connectivity index is 1.63. The van der Waals surface area contributed by atoms with Crippen LogP contribution in [0.3, 0.4) is 0 Å². The van der Waals surface area contributed by atoms with Gasteiger partial charge in [0.2, 0.25) is 6.29 Å². The summed E-state index contributed by atoms with van der Waals surface area (Å²) in [6.45, 7) is 8.67. The van der Waals surface area contributed by atoms with E-state index in [1.165, 1.54) is 37.4 Å². The predicted molar refractivity (Wildman–Crippen MR) is 159 cm³/mol. The van der Waals surface area contributed by atoms with Gasteiger partial charge in [0, 0.05) is 24.3 Å². The van der Waals surface area contributed by atoms with E-state index in [4.69, 9.17) is 29.1 Å². The second kappa shape index (κ2) is 12.6. The lowest BCUT2D eigenvalue weighted by atomic mass is 9.89. The van der Waals surface area contributed by atoms with Gasteiger partial charge >= 0.3 is 11.7 Å². The largest absolute Gasteiger partial charge is 0.508 e. The number of anilines is 1. The van der Waals surface area contributed by atoms with Crippen LogP contribution >= 0.6 is 0 Å². The van der Waals surface area contributed by atoms with Crippen LogP contribution in [-0.4, -0.2) is 64.6 Å². The number of aromatic hydroxyl groups is 2. The number of allylic oxidation sites excluding steroid dienone is 2. The third-order valence-electron chi connectivity index (χ3n) is 7.29. The van der Waals surface area contributed by atoms with Crippen molar-refractivity contribution in [2.24, 2.45) is 5.73 Å². The average Bonchev–Trinajstić information content (AvgIpc) is 2.94. The average molecular weight is 613 g/mol. The number of hydrogen-bond acceptors (Lipinski definition) is 11. The van der Waals surface area contributed by atoms with Crippen LogP contribution in [0.15, 0.2) is 51.2 Å². The molecule has 1 fully saturated rings. The highest BCUT2D eigenvalue weighted by atomic mass is 16.7. The molecule has 236 valence electrons. The number of aliphatic hydroxyl groups excluding tert-OH is 1. The summed E-state index contributed by atoms with van der Waals surface area (Å²) in [6, 6.07) is 6.84. The molecule has 4 unspecified atom stereocenters. The third-order valence-corrected chi connectivity index (χ3v) is 7.29. The van der Waals surface area contributed by atoms with Crippen LogP contribution in [0.1, 0.15) is 49.2 Å². The Morgan fingerprint density at radius 3 is 2.48 bits per heavy atom. The Labute approximate surface area is 252 Å². The van der Waals surface area contributed by atoms with Crippen molar-refractivity contribution in [3.8, 4) is 17.2 Å². The van der Waals surface area contributed by atoms with Gasteiger partial charge in [0.25, 0.3) is 5.91 Å². The van der Waals surface area contributed by atoms with Crippen molar-refractivity contribution in [1.82, 2.24) is 0 Å². The van der Waals surface area contributed by atoms with Gasteiger partial charge in [-0.3, -0.25) is 4.79 Å². The topological polar surface area (TPSA) is 200 Å². The molecule has 6 N–H and O–H groups in total. The fourth-order valence-corrected chi connectivity index (χ4v) is 5.04. The summed E-state index contributed by atoms with van der Waals surface area (Å²) >= 11 is 0. The molecule has 1 saturated heterocycles. The molecule has 2 aromatic carbocycles. The minimum absolute atomic E-state index is 0.00327. The molecule has 3 aromatic rings. The lowest BCUT2D eigenvalue weighted by molar-refractivity contribution is -0.304. The van der Waals surface area contributed by atoms with Crippen molar-refractivity contribution in [1.29, 1.82) is 0 Å². The smallest absolute Gasteiger partial charge is 0.404 e. The second-order valence-electron chi connectivity index (χ2n) is 11.2. The van der Waals surface area contributed by atoms with Crippen LogP contribution in [0.25, 0.3) is 11.0 Å². The molecule has 0 bridgehead atoms. The zero-order chi connectivity index (χ0) is 32.5. The van der Waals surface area contributed by atoms with Crippen molar-refractivity contribution in [3.05, 3.63) is 69.1 Å². The molecule has 2 amide bonds. The normalized spacial score (nSPS) is 21.0. The molecule has 0 radical (unpaired) electrons. The molecule has 1 aliphatic rings. The molecule has 1 aromatic heterocycles. The summed E-state index contributed by atoms with van der Waals surface area (Å²) in [5.74, 6) is -0.958. The van der Waals surface area contributed by atoms with Gasteiger partial charge < -0.3 is 49.7 Å². The Morgan fingerprint density at radius 2 is 1.84 bits per heavy atom. The minimum Gasteiger partial charge on any atom is -0.508 e. The highest BCUT2D eigenvalue weighted by molar-refractivity contribution is 6.05. The number of methoxy groups -OCH3 is 1. The van der Waals surface area contributed by atoms with Crippen LogP contribution < -0.4 is 21.4 Å². The maximum atomic E-state index is 13.0. The van der Waals surface area contributed by atoms with Gasteiger partial charge in [0.1, 0.15) is 34.6 Å². The number of aryl methyl sites for hydroxylation is 1. The lowest BCUT2D eigenvalue weighted by Crippen LogP contribution is -2.65. The standard InChI is InChI=1S/C31H36N2O11/c1-14(2)7-8-16-11-17(9-10-20(16)34)27(37)33-19-12-18-21(35)13-22(15(3)24(18)42-28(19)38)41-29-23(36)25(43-30(32)39)26(40-6)31(4,5)44-29/h7,9-13,23,25-26,29,34-36H,8H2,1-6H3,(H2,32,39)(H,33,37). The number of ether oxygens (including phenoxy) is 4. The molecule has 0 saturated carbocycles. The van der Waals surface area contributed by atoms with Gasteiger partial charge in [-0.1, -0.05) is 11.6 Å². The molecule has 1 aliphatic heterocycles. The van der Waals surface area contributed by atoms with Gasteiger partial charge in [-0.05, 0) is 70.9 Å². The fraction of sp³-hybridized carbons (Fsp3) is 0.387. The van der Waals surface area contributed by atoms with Crippen LogP contribution in [0.2, 0.25) is 0 Å². The SMILES string of the molecule is COC1C(OC(N)=O)C(O)C(Oc2cc(O)c3cc(NC(=O)c4ccc(O)c(CC=C(C)C)c4)c(=O)oc3c2C)OC1(C)C. The van der Waals surface area contributed by atoms with E-state index in [-0.39, 0.29) is 45.0 Å². The Hall–Kier alpha value is -4.59. The first-order valence-electron chi connectivity index (χ1n) is 13.7. The van der Waals surface area contributed by atoms with Gasteiger partial charge in [0.15, 0.2) is 12.2 Å². The molecule has 13 heteroatoms. The maximum Gasteiger partial charge on any atom is 0.404 e. The zero-order valence-electron chi connectivity index (χ0n) is 25.2. The van der Waals surface area contributed by atoms with Crippen LogP contribution in [0.5, 0.6) is 17.2 Å². The first kappa shape index (κ1) is 32.3. The van der Waals surface area contributed by atoms with E-state index in [1.54, 1.807) is 20.8 Å². The number of amides is 2. The maximum absolute atomic E-state index is 13.0. The van der Waals surface area contributed by atoms with Gasteiger partial charge in [-0.15, -0.1) is 0 Å². The van der Waals surface area contributed by atoms with Gasteiger partial charge in [-0.2, -0.15) is 0 Å².